The van der Waals surface area contributed by atoms with Gasteiger partial charge in [0.15, 0.2) is 0 Å². The fraction of sp³-hybridized carbons (Fsp3) is 0.111. The lowest BCUT2D eigenvalue weighted by atomic mass is 9.94. The van der Waals surface area contributed by atoms with Gasteiger partial charge in [0.25, 0.3) is 0 Å². The molecule has 0 nitrogen and oxygen atoms in total. The van der Waals surface area contributed by atoms with Gasteiger partial charge < -0.3 is 0 Å². The minimum atomic E-state index is 0.936. The van der Waals surface area contributed by atoms with Crippen molar-refractivity contribution in [3.05, 3.63) is 141 Å². The van der Waals surface area contributed by atoms with Gasteiger partial charge in [-0.3, -0.25) is 0 Å². The molecule has 28 heavy (non-hydrogen) atoms. The van der Waals surface area contributed by atoms with E-state index in [-0.39, 0.29) is 0 Å². The minimum absolute atomic E-state index is 0.936. The molecular weight excluding hydrogens is 404 g/mol. The number of hydrogen-bond donors (Lipinski definition) is 0. The van der Waals surface area contributed by atoms with E-state index in [1.54, 1.807) is 0 Å². The fourth-order valence-electron chi connectivity index (χ4n) is 3.64. The van der Waals surface area contributed by atoms with Crippen molar-refractivity contribution in [2.24, 2.45) is 0 Å². The van der Waals surface area contributed by atoms with Crippen LogP contribution in [0.25, 0.3) is 0 Å². The van der Waals surface area contributed by atoms with Gasteiger partial charge in [-0.05, 0) is 52.6 Å². The Morgan fingerprint density at radius 3 is 1.18 bits per heavy atom. The van der Waals surface area contributed by atoms with Crippen LogP contribution < -0.4 is 0 Å². The summed E-state index contributed by atoms with van der Waals surface area (Å²) in [4.78, 5) is 0. The van der Waals surface area contributed by atoms with Crippen LogP contribution in [0.2, 0.25) is 0 Å². The first-order valence-electron chi connectivity index (χ1n) is 9.70. The van der Waals surface area contributed by atoms with Crippen LogP contribution in [0, 0.1) is 0 Å². The Kier molecular flexibility index (Phi) is 6.04. The van der Waals surface area contributed by atoms with Gasteiger partial charge in [-0.15, -0.1) is 0 Å². The molecule has 1 heteroatoms. The lowest BCUT2D eigenvalue weighted by Crippen LogP contribution is -2.00. The maximum atomic E-state index is 3.92. The smallest absolute Gasteiger partial charge is 0.0246 e. The first-order valence-corrected chi connectivity index (χ1v) is 10.5. The number of hydrogen-bond acceptors (Lipinski definition) is 0. The summed E-state index contributed by atoms with van der Waals surface area (Å²) in [6, 6.07) is 36.8. The van der Waals surface area contributed by atoms with Crippen LogP contribution in [0.5, 0.6) is 0 Å². The molecule has 0 aliphatic carbocycles. The van der Waals surface area contributed by atoms with Crippen molar-refractivity contribution in [1.29, 1.82) is 0 Å². The molecule has 0 heterocycles. The predicted octanol–water partition coefficient (Wildman–Crippen LogP) is 7.22. The second kappa shape index (κ2) is 9.03. The van der Waals surface area contributed by atoms with Gasteiger partial charge in [-0.1, -0.05) is 119 Å². The molecule has 0 saturated carbocycles. The summed E-state index contributed by atoms with van der Waals surface area (Å²) in [6.45, 7) is 0. The normalized spacial score (nSPS) is 10.8. The average molecular weight is 427 g/mol. The zero-order valence-corrected chi connectivity index (χ0v) is 17.4. The molecule has 0 radical (unpaired) electrons. The van der Waals surface area contributed by atoms with E-state index in [0.29, 0.717) is 0 Å². The molecule has 0 amide bonds. The molecule has 0 aliphatic heterocycles. The van der Waals surface area contributed by atoms with Gasteiger partial charge in [0.1, 0.15) is 0 Å². The van der Waals surface area contributed by atoms with Crippen molar-refractivity contribution < 1.29 is 0 Å². The first-order chi connectivity index (χ1) is 13.8. The van der Waals surface area contributed by atoms with Crippen molar-refractivity contribution in [3.8, 4) is 0 Å². The van der Waals surface area contributed by atoms with E-state index in [0.717, 1.165) is 19.3 Å². The van der Waals surface area contributed by atoms with Gasteiger partial charge in [0.2, 0.25) is 0 Å². The van der Waals surface area contributed by atoms with Gasteiger partial charge in [-0.25, -0.2) is 0 Å². The maximum absolute atomic E-state index is 3.92. The second-order valence-corrected chi connectivity index (χ2v) is 8.01. The number of halogens is 1. The van der Waals surface area contributed by atoms with Gasteiger partial charge in [0, 0.05) is 4.47 Å². The Labute approximate surface area is 176 Å². The highest BCUT2D eigenvalue weighted by Crippen LogP contribution is 2.29. The average Bonchev–Trinajstić information content (AvgIpc) is 2.74. The summed E-state index contributed by atoms with van der Waals surface area (Å²) in [5, 5.41) is 0. The van der Waals surface area contributed by atoms with E-state index in [1.807, 2.05) is 0 Å². The highest BCUT2D eigenvalue weighted by atomic mass is 79.9. The molecule has 0 atom stereocenters. The van der Waals surface area contributed by atoms with E-state index in [1.165, 1.54) is 37.9 Å². The van der Waals surface area contributed by atoms with Crippen LogP contribution in [-0.4, -0.2) is 0 Å². The van der Waals surface area contributed by atoms with E-state index in [2.05, 4.69) is 119 Å². The van der Waals surface area contributed by atoms with Crippen molar-refractivity contribution in [3.63, 3.8) is 0 Å². The Hall–Kier alpha value is -2.64. The minimum Gasteiger partial charge on any atom is -0.0622 e. The van der Waals surface area contributed by atoms with Crippen molar-refractivity contribution >= 4 is 15.9 Å². The zero-order valence-electron chi connectivity index (χ0n) is 15.8. The van der Waals surface area contributed by atoms with Gasteiger partial charge in [-0.2, -0.15) is 0 Å². The molecule has 138 valence electrons. The van der Waals surface area contributed by atoms with E-state index < -0.39 is 0 Å². The molecule has 4 rings (SSSR count). The van der Waals surface area contributed by atoms with Gasteiger partial charge >= 0.3 is 0 Å². The van der Waals surface area contributed by atoms with Crippen LogP contribution in [0.15, 0.2) is 108 Å². The molecule has 0 fully saturated rings. The topological polar surface area (TPSA) is 0 Å². The van der Waals surface area contributed by atoms with Gasteiger partial charge in [0.05, 0.1) is 0 Å². The summed E-state index contributed by atoms with van der Waals surface area (Å²) >= 11 is 3.92. The highest BCUT2D eigenvalue weighted by molar-refractivity contribution is 9.10. The third kappa shape index (κ3) is 4.79. The Bertz CT molecular complexity index is 959. The first kappa shape index (κ1) is 18.7. The molecule has 0 N–H and O–H groups in total. The lowest BCUT2D eigenvalue weighted by Gasteiger charge is -2.14. The third-order valence-electron chi connectivity index (χ3n) is 5.01. The van der Waals surface area contributed by atoms with Crippen molar-refractivity contribution in [2.75, 3.05) is 0 Å². The summed E-state index contributed by atoms with van der Waals surface area (Å²) in [5.41, 5.74) is 8.10. The molecule has 0 bridgehead atoms. The Morgan fingerprint density at radius 2 is 0.786 bits per heavy atom. The molecule has 0 aliphatic rings. The standard InChI is InChI=1S/C27H23Br/c28-27-25(17-22-12-6-2-7-13-22)19-24(16-21-10-4-1-5-11-21)20-26(27)18-23-14-8-3-9-15-23/h1-15,19-20H,16-18H2. The van der Waals surface area contributed by atoms with Crippen LogP contribution >= 0.6 is 15.9 Å². The van der Waals surface area contributed by atoms with Crippen molar-refractivity contribution in [2.45, 2.75) is 19.3 Å². The van der Waals surface area contributed by atoms with Crippen molar-refractivity contribution in [1.82, 2.24) is 0 Å². The maximum Gasteiger partial charge on any atom is 0.0246 e. The lowest BCUT2D eigenvalue weighted by molar-refractivity contribution is 1.08. The zero-order chi connectivity index (χ0) is 19.2. The number of benzene rings is 4. The van der Waals surface area contributed by atoms with E-state index in [4.69, 9.17) is 0 Å². The largest absolute Gasteiger partial charge is 0.0622 e. The molecule has 0 aromatic heterocycles. The molecule has 0 saturated heterocycles. The predicted molar refractivity (Wildman–Crippen MR) is 122 cm³/mol. The Morgan fingerprint density at radius 1 is 0.429 bits per heavy atom. The quantitative estimate of drug-likeness (QED) is 0.305. The molecule has 4 aromatic carbocycles. The molecule has 0 spiro atoms. The van der Waals surface area contributed by atoms with E-state index in [9.17, 15) is 0 Å². The molecule has 0 unspecified atom stereocenters. The van der Waals surface area contributed by atoms with Crippen LogP contribution in [0.4, 0.5) is 0 Å². The Balaban J connectivity index is 1.71. The number of rotatable bonds is 6. The summed E-state index contributed by atoms with van der Waals surface area (Å²) in [7, 11) is 0. The van der Waals surface area contributed by atoms with Crippen LogP contribution in [0.3, 0.4) is 0 Å². The highest BCUT2D eigenvalue weighted by Gasteiger charge is 2.11. The second-order valence-electron chi connectivity index (χ2n) is 7.22. The summed E-state index contributed by atoms with van der Waals surface area (Å²) in [5.74, 6) is 0. The summed E-state index contributed by atoms with van der Waals surface area (Å²) in [6.07, 6.45) is 2.83. The summed E-state index contributed by atoms with van der Waals surface area (Å²) < 4.78 is 1.23. The molecular formula is C27H23Br. The van der Waals surface area contributed by atoms with Crippen LogP contribution in [-0.2, 0) is 19.3 Å². The SMILES string of the molecule is Brc1c(Cc2ccccc2)cc(Cc2ccccc2)cc1Cc1ccccc1. The third-order valence-corrected chi connectivity index (χ3v) is 6.03. The van der Waals surface area contributed by atoms with E-state index >= 15 is 0 Å². The monoisotopic (exact) mass is 426 g/mol. The molecule has 4 aromatic rings. The fourth-order valence-corrected chi connectivity index (χ4v) is 4.15. The van der Waals surface area contributed by atoms with Crippen LogP contribution in [0.1, 0.15) is 33.4 Å².